The number of benzene rings is 1. The third-order valence-electron chi connectivity index (χ3n) is 6.38. The predicted octanol–water partition coefficient (Wildman–Crippen LogP) is -0.689. The van der Waals surface area contributed by atoms with Gasteiger partial charge >= 0.3 is 0 Å². The maximum Gasteiger partial charge on any atom is 0.186 e. The van der Waals surface area contributed by atoms with Gasteiger partial charge in [-0.1, -0.05) is 12.1 Å². The fraction of sp³-hybridized carbons (Fsp3) is 0.591. The van der Waals surface area contributed by atoms with Crippen LogP contribution in [-0.2, 0) is 23.7 Å². The summed E-state index contributed by atoms with van der Waals surface area (Å²) in [6.45, 7) is -0.552. The van der Waals surface area contributed by atoms with Crippen LogP contribution in [-0.4, -0.2) is 94.1 Å². The van der Waals surface area contributed by atoms with Gasteiger partial charge in [-0.3, -0.25) is 4.79 Å². The van der Waals surface area contributed by atoms with Crippen LogP contribution < -0.4 is 0 Å². The summed E-state index contributed by atoms with van der Waals surface area (Å²) in [5.41, 5.74) is 1.02. The van der Waals surface area contributed by atoms with Crippen LogP contribution in [0.25, 0.3) is 5.57 Å². The number of allylic oxidation sites excluding steroid dienone is 1. The van der Waals surface area contributed by atoms with Crippen molar-refractivity contribution in [2.75, 3.05) is 13.7 Å². The highest BCUT2D eigenvalue weighted by molar-refractivity contribution is 6.22. The number of rotatable bonds is 5. The fourth-order valence-electron chi connectivity index (χ4n) is 4.59. The maximum atomic E-state index is 13.2. The zero-order chi connectivity index (χ0) is 23.0. The molecule has 0 aromatic heterocycles. The lowest BCUT2D eigenvalue weighted by Gasteiger charge is -2.45. The van der Waals surface area contributed by atoms with Gasteiger partial charge in [0, 0.05) is 20.0 Å². The minimum atomic E-state index is -1.54. The molecular formula is C22H28O10. The topological polar surface area (TPSA) is 155 Å². The number of carbonyl (C=O) groups is 1. The SMILES string of the molecule is COC1CC(O[C@@H]2O[C@H](CO)[C@@H](O)[C@H](O)[C@H]2O)CC2OC=C(c3ccc(O)cc3)C(=O)C12. The van der Waals surface area contributed by atoms with Crippen LogP contribution in [0.5, 0.6) is 5.75 Å². The van der Waals surface area contributed by atoms with Crippen molar-refractivity contribution < 1.29 is 49.3 Å². The largest absolute Gasteiger partial charge is 0.508 e. The zero-order valence-electron chi connectivity index (χ0n) is 17.5. The lowest BCUT2D eigenvalue weighted by molar-refractivity contribution is -0.317. The van der Waals surface area contributed by atoms with Crippen molar-refractivity contribution >= 4 is 11.4 Å². The van der Waals surface area contributed by atoms with Crippen molar-refractivity contribution in [3.63, 3.8) is 0 Å². The Morgan fingerprint density at radius 3 is 2.44 bits per heavy atom. The molecule has 9 atom stereocenters. The van der Waals surface area contributed by atoms with Crippen LogP contribution in [0.1, 0.15) is 18.4 Å². The van der Waals surface area contributed by atoms with Gasteiger partial charge in [-0.15, -0.1) is 0 Å². The first-order valence-corrected chi connectivity index (χ1v) is 10.5. The van der Waals surface area contributed by atoms with E-state index in [1.807, 2.05) is 0 Å². The number of methoxy groups -OCH3 is 1. The molecule has 2 fully saturated rings. The van der Waals surface area contributed by atoms with Gasteiger partial charge in [0.15, 0.2) is 12.1 Å². The molecule has 0 bridgehead atoms. The third-order valence-corrected chi connectivity index (χ3v) is 6.38. The summed E-state index contributed by atoms with van der Waals surface area (Å²) in [4.78, 5) is 13.2. The Morgan fingerprint density at radius 2 is 1.78 bits per heavy atom. The number of hydrogen-bond acceptors (Lipinski definition) is 10. The highest BCUT2D eigenvalue weighted by Crippen LogP contribution is 2.39. The molecule has 3 aliphatic rings. The summed E-state index contributed by atoms with van der Waals surface area (Å²) in [5, 5.41) is 49.0. The molecular weight excluding hydrogens is 424 g/mol. The second-order valence-corrected chi connectivity index (χ2v) is 8.34. The molecule has 1 aromatic carbocycles. The van der Waals surface area contributed by atoms with Gasteiger partial charge in [0.1, 0.15) is 36.3 Å². The fourth-order valence-corrected chi connectivity index (χ4v) is 4.59. The second kappa shape index (κ2) is 9.44. The van der Waals surface area contributed by atoms with Gasteiger partial charge in [0.25, 0.3) is 0 Å². The molecule has 1 aliphatic carbocycles. The van der Waals surface area contributed by atoms with Crippen LogP contribution in [0.2, 0.25) is 0 Å². The van der Waals surface area contributed by atoms with E-state index >= 15 is 0 Å². The molecule has 1 aromatic rings. The number of carbonyl (C=O) groups excluding carboxylic acids is 1. The van der Waals surface area contributed by atoms with Crippen molar-refractivity contribution in [2.24, 2.45) is 5.92 Å². The smallest absolute Gasteiger partial charge is 0.186 e. The number of fused-ring (bicyclic) bond motifs is 1. The number of ketones is 1. The van der Waals surface area contributed by atoms with Crippen molar-refractivity contribution in [1.29, 1.82) is 0 Å². The standard InChI is InChI=1S/C22H28O10/c1-29-14-6-12(31-22-21(28)20(27)19(26)16(8-23)32-22)7-15-17(14)18(25)13(9-30-15)10-2-4-11(24)5-3-10/h2-5,9,12,14-17,19-24,26-28H,6-8H2,1H3/t12?,14?,15?,16-,17?,19-,20+,21-,22-/m1/s1. The number of hydrogen-bond donors (Lipinski definition) is 5. The van der Waals surface area contributed by atoms with Gasteiger partial charge < -0.3 is 44.5 Å². The summed E-state index contributed by atoms with van der Waals surface area (Å²) in [6, 6.07) is 6.26. The zero-order valence-corrected chi connectivity index (χ0v) is 17.5. The number of phenolic OH excluding ortho intramolecular Hbond substituents is 1. The van der Waals surface area contributed by atoms with Gasteiger partial charge in [0.05, 0.1) is 36.6 Å². The highest BCUT2D eigenvalue weighted by atomic mass is 16.7. The number of Topliss-reactive ketones (excluding diaryl/α,β-unsaturated/α-hetero) is 1. The van der Waals surface area contributed by atoms with Crippen LogP contribution in [0, 0.1) is 5.92 Å². The summed E-state index contributed by atoms with van der Waals surface area (Å²) in [5.74, 6) is -0.606. The Kier molecular flexibility index (Phi) is 6.82. The minimum Gasteiger partial charge on any atom is -0.508 e. The van der Waals surface area contributed by atoms with E-state index in [2.05, 4.69) is 0 Å². The van der Waals surface area contributed by atoms with E-state index in [1.165, 1.54) is 25.5 Å². The quantitative estimate of drug-likeness (QED) is 0.388. The Labute approximate surface area is 184 Å². The number of phenols is 1. The van der Waals surface area contributed by atoms with Crippen molar-refractivity contribution in [3.05, 3.63) is 36.1 Å². The van der Waals surface area contributed by atoms with Crippen LogP contribution in [0.4, 0.5) is 0 Å². The van der Waals surface area contributed by atoms with E-state index in [0.717, 1.165) is 0 Å². The first-order valence-electron chi connectivity index (χ1n) is 10.5. The first-order chi connectivity index (χ1) is 15.3. The summed E-state index contributed by atoms with van der Waals surface area (Å²) < 4.78 is 22.7. The molecule has 10 nitrogen and oxygen atoms in total. The summed E-state index contributed by atoms with van der Waals surface area (Å²) in [6.07, 6.45) is -6.44. The van der Waals surface area contributed by atoms with E-state index in [4.69, 9.17) is 18.9 Å². The molecule has 2 aliphatic heterocycles. The van der Waals surface area contributed by atoms with Crippen molar-refractivity contribution in [3.8, 4) is 5.75 Å². The molecule has 0 radical (unpaired) electrons. The van der Waals surface area contributed by atoms with Crippen LogP contribution in [0.15, 0.2) is 30.5 Å². The van der Waals surface area contributed by atoms with E-state index in [-0.39, 0.29) is 11.5 Å². The summed E-state index contributed by atoms with van der Waals surface area (Å²) in [7, 11) is 1.49. The molecule has 176 valence electrons. The molecule has 0 spiro atoms. The average molecular weight is 452 g/mol. The molecule has 4 unspecified atom stereocenters. The van der Waals surface area contributed by atoms with Gasteiger partial charge in [-0.2, -0.15) is 0 Å². The lowest BCUT2D eigenvalue weighted by Crippen LogP contribution is -2.60. The Bertz CT molecular complexity index is 838. The number of aliphatic hydroxyl groups is 4. The molecule has 2 heterocycles. The van der Waals surface area contributed by atoms with E-state index < -0.39 is 61.5 Å². The molecule has 10 heteroatoms. The van der Waals surface area contributed by atoms with Crippen LogP contribution in [0.3, 0.4) is 0 Å². The summed E-state index contributed by atoms with van der Waals surface area (Å²) >= 11 is 0. The Balaban J connectivity index is 1.49. The normalized spacial score (nSPS) is 39.7. The number of aliphatic hydroxyl groups excluding tert-OH is 4. The van der Waals surface area contributed by atoms with Crippen LogP contribution >= 0.6 is 0 Å². The van der Waals surface area contributed by atoms with Crippen molar-refractivity contribution in [2.45, 2.75) is 61.9 Å². The van der Waals surface area contributed by atoms with E-state index in [9.17, 15) is 30.3 Å². The maximum absolute atomic E-state index is 13.2. The highest BCUT2D eigenvalue weighted by Gasteiger charge is 2.50. The monoisotopic (exact) mass is 452 g/mol. The van der Waals surface area contributed by atoms with Gasteiger partial charge in [-0.25, -0.2) is 0 Å². The predicted molar refractivity (Wildman–Crippen MR) is 108 cm³/mol. The molecule has 1 saturated carbocycles. The van der Waals surface area contributed by atoms with E-state index in [0.29, 0.717) is 24.0 Å². The van der Waals surface area contributed by atoms with Crippen molar-refractivity contribution in [1.82, 2.24) is 0 Å². The van der Waals surface area contributed by atoms with Gasteiger partial charge in [0.2, 0.25) is 0 Å². The second-order valence-electron chi connectivity index (χ2n) is 8.34. The lowest BCUT2D eigenvalue weighted by atomic mass is 9.75. The molecule has 1 saturated heterocycles. The Hall–Kier alpha value is -2.05. The minimum absolute atomic E-state index is 0.0945. The van der Waals surface area contributed by atoms with E-state index in [1.54, 1.807) is 12.1 Å². The molecule has 5 N–H and O–H groups in total. The molecule has 4 rings (SSSR count). The Morgan fingerprint density at radius 1 is 1.06 bits per heavy atom. The molecule has 32 heavy (non-hydrogen) atoms. The number of ether oxygens (including phenoxy) is 4. The number of aromatic hydroxyl groups is 1. The third kappa shape index (κ3) is 4.27. The molecule has 0 amide bonds. The average Bonchev–Trinajstić information content (AvgIpc) is 2.80. The van der Waals surface area contributed by atoms with Gasteiger partial charge in [-0.05, 0) is 17.7 Å². The first kappa shape index (κ1) is 23.1.